The molecule has 0 fully saturated rings. The monoisotopic (exact) mass is 276 g/mol. The van der Waals surface area contributed by atoms with Gasteiger partial charge >= 0.3 is 0 Å². The third-order valence-corrected chi connectivity index (χ3v) is 3.25. The fourth-order valence-electron chi connectivity index (χ4n) is 1.99. The van der Waals surface area contributed by atoms with Crippen LogP contribution in [0.4, 0.5) is 0 Å². The number of carbonyl (C=O) groups excluding carboxylic acids is 1. The predicted octanol–water partition coefficient (Wildman–Crippen LogP) is 3.37. The molecule has 1 N–H and O–H groups in total. The van der Waals surface area contributed by atoms with Crippen LogP contribution in [0, 0.1) is 0 Å². The number of hydrogen-bond donors (Lipinski definition) is 1. The molecule has 1 amide bonds. The van der Waals surface area contributed by atoms with Crippen LogP contribution in [0.3, 0.4) is 0 Å². The number of aromatic nitrogens is 1. The summed E-state index contributed by atoms with van der Waals surface area (Å²) < 4.78 is 0. The largest absolute Gasteiger partial charge is 0.352 e. The van der Waals surface area contributed by atoms with E-state index in [1.54, 1.807) is 6.20 Å². The van der Waals surface area contributed by atoms with Crippen LogP contribution in [0.25, 0.3) is 10.9 Å². The van der Waals surface area contributed by atoms with Gasteiger partial charge in [0.2, 0.25) is 0 Å². The number of carbonyl (C=O) groups is 1. The summed E-state index contributed by atoms with van der Waals surface area (Å²) in [6, 6.07) is 9.37. The minimum absolute atomic E-state index is 0.0375. The molecule has 1 aromatic carbocycles. The second-order valence-electron chi connectivity index (χ2n) is 4.38. The number of amides is 1. The number of fused-ring (bicyclic) bond motifs is 1. The first-order valence-electron chi connectivity index (χ1n) is 6.51. The Balaban J connectivity index is 2.01. The van der Waals surface area contributed by atoms with E-state index < -0.39 is 0 Å². The van der Waals surface area contributed by atoms with Crippen LogP contribution in [0.1, 0.15) is 29.6 Å². The number of hydrogen-bond acceptors (Lipinski definition) is 2. The van der Waals surface area contributed by atoms with Gasteiger partial charge in [-0.2, -0.15) is 0 Å². The lowest BCUT2D eigenvalue weighted by Gasteiger charge is -2.07. The molecular formula is C15H17ClN2O. The summed E-state index contributed by atoms with van der Waals surface area (Å²) in [5.74, 6) is 0.646. The van der Waals surface area contributed by atoms with Crippen molar-refractivity contribution in [2.75, 3.05) is 12.4 Å². The molecule has 0 atom stereocenters. The molecule has 0 spiro atoms. The van der Waals surface area contributed by atoms with Crippen molar-refractivity contribution >= 4 is 28.4 Å². The maximum absolute atomic E-state index is 12.1. The SMILES string of the molecule is O=C(NCCCCCCl)c1cccc2ncccc12. The lowest BCUT2D eigenvalue weighted by atomic mass is 10.1. The van der Waals surface area contributed by atoms with Crippen molar-refractivity contribution in [3.8, 4) is 0 Å². The van der Waals surface area contributed by atoms with Gasteiger partial charge in [0, 0.05) is 29.6 Å². The third-order valence-electron chi connectivity index (χ3n) is 2.99. The van der Waals surface area contributed by atoms with Crippen molar-refractivity contribution < 1.29 is 4.79 Å². The molecule has 2 aromatic rings. The summed E-state index contributed by atoms with van der Waals surface area (Å²) in [6.07, 6.45) is 4.73. The minimum Gasteiger partial charge on any atom is -0.352 e. The lowest BCUT2D eigenvalue weighted by molar-refractivity contribution is 0.0954. The van der Waals surface area contributed by atoms with E-state index in [0.29, 0.717) is 18.0 Å². The molecule has 0 saturated carbocycles. The zero-order valence-electron chi connectivity index (χ0n) is 10.7. The molecule has 0 aliphatic rings. The fourth-order valence-corrected chi connectivity index (χ4v) is 2.18. The Morgan fingerprint density at radius 1 is 1.16 bits per heavy atom. The summed E-state index contributed by atoms with van der Waals surface area (Å²) in [5, 5.41) is 3.83. The summed E-state index contributed by atoms with van der Waals surface area (Å²) >= 11 is 5.61. The van der Waals surface area contributed by atoms with Crippen LogP contribution in [0.5, 0.6) is 0 Å². The average Bonchev–Trinajstić information content (AvgIpc) is 2.46. The van der Waals surface area contributed by atoms with Crippen molar-refractivity contribution in [2.24, 2.45) is 0 Å². The van der Waals surface area contributed by atoms with Crippen molar-refractivity contribution in [1.82, 2.24) is 10.3 Å². The Labute approximate surface area is 118 Å². The number of halogens is 1. The van der Waals surface area contributed by atoms with E-state index in [1.165, 1.54) is 0 Å². The lowest BCUT2D eigenvalue weighted by Crippen LogP contribution is -2.24. The first-order valence-corrected chi connectivity index (χ1v) is 7.04. The number of nitrogens with zero attached hydrogens (tertiary/aromatic N) is 1. The number of rotatable bonds is 6. The van der Waals surface area contributed by atoms with Crippen LogP contribution in [-0.4, -0.2) is 23.3 Å². The van der Waals surface area contributed by atoms with Crippen molar-refractivity contribution in [1.29, 1.82) is 0 Å². The summed E-state index contributed by atoms with van der Waals surface area (Å²) in [4.78, 5) is 16.4. The second-order valence-corrected chi connectivity index (χ2v) is 4.76. The number of nitrogens with one attached hydrogen (secondary N) is 1. The van der Waals surface area contributed by atoms with E-state index in [-0.39, 0.29) is 5.91 Å². The highest BCUT2D eigenvalue weighted by atomic mass is 35.5. The molecule has 2 rings (SSSR count). The van der Waals surface area contributed by atoms with Crippen molar-refractivity contribution in [2.45, 2.75) is 19.3 Å². The van der Waals surface area contributed by atoms with E-state index in [0.717, 1.165) is 30.2 Å². The Morgan fingerprint density at radius 2 is 2.05 bits per heavy atom. The van der Waals surface area contributed by atoms with Gasteiger partial charge in [-0.1, -0.05) is 18.6 Å². The van der Waals surface area contributed by atoms with Gasteiger partial charge < -0.3 is 5.32 Å². The summed E-state index contributed by atoms with van der Waals surface area (Å²) in [7, 11) is 0. The molecule has 0 aliphatic heterocycles. The van der Waals surface area contributed by atoms with Gasteiger partial charge in [0.15, 0.2) is 0 Å². The van der Waals surface area contributed by atoms with Gasteiger partial charge in [-0.25, -0.2) is 0 Å². The van der Waals surface area contributed by atoms with E-state index >= 15 is 0 Å². The molecule has 3 nitrogen and oxygen atoms in total. The molecule has 19 heavy (non-hydrogen) atoms. The molecule has 0 saturated heterocycles. The van der Waals surface area contributed by atoms with Crippen LogP contribution >= 0.6 is 11.6 Å². The molecular weight excluding hydrogens is 260 g/mol. The first-order chi connectivity index (χ1) is 9.33. The molecule has 0 aliphatic carbocycles. The Morgan fingerprint density at radius 3 is 2.89 bits per heavy atom. The summed E-state index contributed by atoms with van der Waals surface area (Å²) in [6.45, 7) is 0.687. The van der Waals surface area contributed by atoms with Gasteiger partial charge in [0.1, 0.15) is 0 Å². The van der Waals surface area contributed by atoms with Gasteiger partial charge in [0.25, 0.3) is 5.91 Å². The van der Waals surface area contributed by atoms with Gasteiger partial charge in [-0.15, -0.1) is 11.6 Å². The van der Waals surface area contributed by atoms with Crippen molar-refractivity contribution in [3.05, 3.63) is 42.1 Å². The summed E-state index contributed by atoms with van der Waals surface area (Å²) in [5.41, 5.74) is 1.53. The smallest absolute Gasteiger partial charge is 0.251 e. The number of alkyl halides is 1. The van der Waals surface area contributed by atoms with Gasteiger partial charge in [0.05, 0.1) is 5.52 Å². The Hall–Kier alpha value is -1.61. The van der Waals surface area contributed by atoms with E-state index in [4.69, 9.17) is 11.6 Å². The van der Waals surface area contributed by atoms with E-state index in [1.807, 2.05) is 30.3 Å². The van der Waals surface area contributed by atoms with E-state index in [9.17, 15) is 4.79 Å². The highest BCUT2D eigenvalue weighted by Crippen LogP contribution is 2.16. The highest BCUT2D eigenvalue weighted by molar-refractivity contribution is 6.17. The van der Waals surface area contributed by atoms with Gasteiger partial charge in [-0.3, -0.25) is 9.78 Å². The molecule has 0 unspecified atom stereocenters. The standard InChI is InChI=1S/C15H17ClN2O/c16-9-2-1-3-10-18-15(19)13-6-4-8-14-12(13)7-5-11-17-14/h4-8,11H,1-3,9-10H2,(H,18,19). The maximum Gasteiger partial charge on any atom is 0.251 e. The fraction of sp³-hybridized carbons (Fsp3) is 0.333. The Bertz CT molecular complexity index is 551. The number of unbranched alkanes of at least 4 members (excludes halogenated alkanes) is 2. The maximum atomic E-state index is 12.1. The molecule has 1 heterocycles. The topological polar surface area (TPSA) is 42.0 Å². The Kier molecular flexibility index (Phi) is 5.16. The van der Waals surface area contributed by atoms with Crippen LogP contribution in [0.2, 0.25) is 0 Å². The van der Waals surface area contributed by atoms with E-state index in [2.05, 4.69) is 10.3 Å². The molecule has 100 valence electrons. The third kappa shape index (κ3) is 3.67. The van der Waals surface area contributed by atoms with Crippen LogP contribution < -0.4 is 5.32 Å². The number of benzene rings is 1. The quantitative estimate of drug-likeness (QED) is 0.649. The first kappa shape index (κ1) is 13.8. The van der Waals surface area contributed by atoms with Crippen LogP contribution in [0.15, 0.2) is 36.5 Å². The van der Waals surface area contributed by atoms with Crippen molar-refractivity contribution in [3.63, 3.8) is 0 Å². The average molecular weight is 277 g/mol. The normalized spacial score (nSPS) is 10.6. The van der Waals surface area contributed by atoms with Crippen LogP contribution in [-0.2, 0) is 0 Å². The molecule has 4 heteroatoms. The number of pyridine rings is 1. The second kappa shape index (κ2) is 7.10. The van der Waals surface area contributed by atoms with Gasteiger partial charge in [-0.05, 0) is 31.0 Å². The molecule has 0 bridgehead atoms. The highest BCUT2D eigenvalue weighted by Gasteiger charge is 2.08. The zero-order chi connectivity index (χ0) is 13.5. The molecule has 1 aromatic heterocycles. The molecule has 0 radical (unpaired) electrons. The zero-order valence-corrected chi connectivity index (χ0v) is 11.5. The minimum atomic E-state index is -0.0375. The predicted molar refractivity (Wildman–Crippen MR) is 78.6 cm³/mol.